The molecule has 24 heavy (non-hydrogen) atoms. The lowest BCUT2D eigenvalue weighted by molar-refractivity contribution is -0.130. The Bertz CT molecular complexity index is 604. The molecule has 1 heterocycles. The van der Waals surface area contributed by atoms with Crippen molar-refractivity contribution in [3.63, 3.8) is 0 Å². The van der Waals surface area contributed by atoms with Gasteiger partial charge in [0.15, 0.2) is 0 Å². The van der Waals surface area contributed by atoms with Crippen molar-refractivity contribution < 1.29 is 23.9 Å². The summed E-state index contributed by atoms with van der Waals surface area (Å²) in [5.41, 5.74) is 0.0740. The van der Waals surface area contributed by atoms with Crippen molar-refractivity contribution in [2.45, 2.75) is 53.6 Å². The van der Waals surface area contributed by atoms with Crippen LogP contribution in [0.4, 0.5) is 0 Å². The summed E-state index contributed by atoms with van der Waals surface area (Å²) in [6, 6.07) is 0.742. The summed E-state index contributed by atoms with van der Waals surface area (Å²) in [4.78, 5) is 35.2. The first-order chi connectivity index (χ1) is 11.1. The van der Waals surface area contributed by atoms with Gasteiger partial charge in [0, 0.05) is 6.42 Å². The summed E-state index contributed by atoms with van der Waals surface area (Å²) in [7, 11) is 0. The predicted molar refractivity (Wildman–Crippen MR) is 88.5 cm³/mol. The summed E-state index contributed by atoms with van der Waals surface area (Å²) < 4.78 is 5.32. The van der Waals surface area contributed by atoms with Crippen LogP contribution in [-0.2, 0) is 16.1 Å². The molecule has 0 aromatic carbocycles. The SMILES string of the molecule is Cc1oc(CNC(=O)C(NC(=O)CC(C)C)C(C)C)cc1C(=O)O. The van der Waals surface area contributed by atoms with E-state index in [1.807, 2.05) is 27.7 Å². The van der Waals surface area contributed by atoms with Crippen LogP contribution < -0.4 is 10.6 Å². The minimum absolute atomic E-state index is 0.0657. The Labute approximate surface area is 141 Å². The number of nitrogens with one attached hydrogen (secondary N) is 2. The highest BCUT2D eigenvalue weighted by atomic mass is 16.4. The molecular formula is C17H26N2O5. The van der Waals surface area contributed by atoms with Gasteiger partial charge in [-0.1, -0.05) is 27.7 Å². The number of rotatable bonds is 8. The highest BCUT2D eigenvalue weighted by Gasteiger charge is 2.24. The van der Waals surface area contributed by atoms with Gasteiger partial charge in [-0.25, -0.2) is 4.79 Å². The zero-order chi connectivity index (χ0) is 18.4. The van der Waals surface area contributed by atoms with Crippen LogP contribution >= 0.6 is 0 Å². The number of carboxylic acids is 1. The van der Waals surface area contributed by atoms with Crippen LogP contribution in [0.15, 0.2) is 10.5 Å². The largest absolute Gasteiger partial charge is 0.478 e. The first kappa shape index (κ1) is 19.7. The molecule has 7 nitrogen and oxygen atoms in total. The summed E-state index contributed by atoms with van der Waals surface area (Å²) in [5.74, 6) is -0.786. The topological polar surface area (TPSA) is 109 Å². The van der Waals surface area contributed by atoms with Crippen LogP contribution in [0.2, 0.25) is 0 Å². The molecule has 1 rings (SSSR count). The van der Waals surface area contributed by atoms with Crippen molar-refractivity contribution in [1.29, 1.82) is 0 Å². The molecule has 1 unspecified atom stereocenters. The zero-order valence-electron chi connectivity index (χ0n) is 14.8. The van der Waals surface area contributed by atoms with Gasteiger partial charge < -0.3 is 20.2 Å². The van der Waals surface area contributed by atoms with E-state index >= 15 is 0 Å². The lowest BCUT2D eigenvalue weighted by Crippen LogP contribution is -2.49. The Morgan fingerprint density at radius 2 is 1.83 bits per heavy atom. The maximum absolute atomic E-state index is 12.3. The highest BCUT2D eigenvalue weighted by molar-refractivity contribution is 5.89. The van der Waals surface area contributed by atoms with Gasteiger partial charge in [0.05, 0.1) is 6.54 Å². The van der Waals surface area contributed by atoms with E-state index in [-0.39, 0.29) is 41.5 Å². The Morgan fingerprint density at radius 3 is 2.29 bits per heavy atom. The maximum atomic E-state index is 12.3. The van der Waals surface area contributed by atoms with Gasteiger partial charge in [0.1, 0.15) is 23.1 Å². The van der Waals surface area contributed by atoms with Crippen molar-refractivity contribution in [3.8, 4) is 0 Å². The number of amides is 2. The number of aromatic carboxylic acids is 1. The summed E-state index contributed by atoms with van der Waals surface area (Å²) in [6.45, 7) is 9.18. The number of carboxylic acid groups (broad SMARTS) is 1. The minimum atomic E-state index is -1.07. The molecule has 0 fully saturated rings. The van der Waals surface area contributed by atoms with Gasteiger partial charge in [0.2, 0.25) is 11.8 Å². The second-order valence-corrected chi connectivity index (χ2v) is 6.59. The molecule has 0 saturated heterocycles. The molecule has 0 bridgehead atoms. The van der Waals surface area contributed by atoms with E-state index in [1.54, 1.807) is 6.92 Å². The molecule has 0 saturated carbocycles. The van der Waals surface area contributed by atoms with Gasteiger partial charge in [-0.3, -0.25) is 9.59 Å². The molecule has 0 aliphatic heterocycles. The number of carbonyl (C=O) groups excluding carboxylic acids is 2. The van der Waals surface area contributed by atoms with Crippen LogP contribution in [-0.4, -0.2) is 28.9 Å². The molecule has 0 aliphatic carbocycles. The van der Waals surface area contributed by atoms with E-state index in [1.165, 1.54) is 6.07 Å². The van der Waals surface area contributed by atoms with Gasteiger partial charge in [-0.15, -0.1) is 0 Å². The van der Waals surface area contributed by atoms with Crippen LogP contribution in [0.3, 0.4) is 0 Å². The first-order valence-corrected chi connectivity index (χ1v) is 8.01. The van der Waals surface area contributed by atoms with E-state index in [0.29, 0.717) is 12.2 Å². The number of hydrogen-bond donors (Lipinski definition) is 3. The lowest BCUT2D eigenvalue weighted by Gasteiger charge is -2.22. The van der Waals surface area contributed by atoms with Crippen molar-refractivity contribution in [1.82, 2.24) is 10.6 Å². The van der Waals surface area contributed by atoms with Crippen LogP contribution in [0, 0.1) is 18.8 Å². The molecule has 3 N–H and O–H groups in total. The van der Waals surface area contributed by atoms with Crippen molar-refractivity contribution in [2.24, 2.45) is 11.8 Å². The van der Waals surface area contributed by atoms with Gasteiger partial charge >= 0.3 is 5.97 Å². The van der Waals surface area contributed by atoms with Crippen LogP contribution in [0.5, 0.6) is 0 Å². The zero-order valence-corrected chi connectivity index (χ0v) is 14.8. The maximum Gasteiger partial charge on any atom is 0.339 e. The van der Waals surface area contributed by atoms with E-state index in [0.717, 1.165) is 0 Å². The molecule has 0 radical (unpaired) electrons. The van der Waals surface area contributed by atoms with E-state index in [4.69, 9.17) is 9.52 Å². The first-order valence-electron chi connectivity index (χ1n) is 8.01. The van der Waals surface area contributed by atoms with E-state index in [9.17, 15) is 14.4 Å². The summed E-state index contributed by atoms with van der Waals surface area (Å²) in [5, 5.41) is 14.4. The molecule has 0 aliphatic rings. The van der Waals surface area contributed by atoms with Gasteiger partial charge in [-0.05, 0) is 24.8 Å². The predicted octanol–water partition coefficient (Wildman–Crippen LogP) is 2.09. The average molecular weight is 338 g/mol. The molecule has 2 amide bonds. The Hall–Kier alpha value is -2.31. The van der Waals surface area contributed by atoms with Crippen LogP contribution in [0.1, 0.15) is 56.0 Å². The summed E-state index contributed by atoms with van der Waals surface area (Å²) >= 11 is 0. The minimum Gasteiger partial charge on any atom is -0.478 e. The average Bonchev–Trinajstić information content (AvgIpc) is 2.82. The van der Waals surface area contributed by atoms with Crippen molar-refractivity contribution in [3.05, 3.63) is 23.2 Å². The summed E-state index contributed by atoms with van der Waals surface area (Å²) in [6.07, 6.45) is 0.357. The normalized spacial score (nSPS) is 12.3. The standard InChI is InChI=1S/C17H26N2O5/c1-9(2)6-14(20)19-15(10(3)4)16(21)18-8-12-7-13(17(22)23)11(5)24-12/h7,9-10,15H,6,8H2,1-5H3,(H,18,21)(H,19,20)(H,22,23). The second kappa shape index (κ2) is 8.52. The fraction of sp³-hybridized carbons (Fsp3) is 0.588. The molecule has 1 atom stereocenters. The number of aryl methyl sites for hydroxylation is 1. The monoisotopic (exact) mass is 338 g/mol. The number of carbonyl (C=O) groups is 3. The van der Waals surface area contributed by atoms with E-state index < -0.39 is 12.0 Å². The molecule has 1 aromatic heterocycles. The quantitative estimate of drug-likeness (QED) is 0.672. The fourth-order valence-corrected chi connectivity index (χ4v) is 2.27. The third-order valence-corrected chi connectivity index (χ3v) is 3.50. The molecule has 134 valence electrons. The molecule has 0 spiro atoms. The Balaban J connectivity index is 2.67. The molecular weight excluding hydrogens is 312 g/mol. The van der Waals surface area contributed by atoms with Gasteiger partial charge in [-0.2, -0.15) is 0 Å². The van der Waals surface area contributed by atoms with E-state index in [2.05, 4.69) is 10.6 Å². The molecule has 7 heteroatoms. The van der Waals surface area contributed by atoms with Crippen molar-refractivity contribution in [2.75, 3.05) is 0 Å². The third-order valence-electron chi connectivity index (χ3n) is 3.50. The number of hydrogen-bond acceptors (Lipinski definition) is 4. The Kier molecular flexibility index (Phi) is 7.00. The fourth-order valence-electron chi connectivity index (χ4n) is 2.27. The van der Waals surface area contributed by atoms with Crippen LogP contribution in [0.25, 0.3) is 0 Å². The highest BCUT2D eigenvalue weighted by Crippen LogP contribution is 2.14. The third kappa shape index (κ3) is 5.72. The molecule has 1 aromatic rings. The second-order valence-electron chi connectivity index (χ2n) is 6.59. The smallest absolute Gasteiger partial charge is 0.339 e. The Morgan fingerprint density at radius 1 is 1.21 bits per heavy atom. The number of furan rings is 1. The van der Waals surface area contributed by atoms with Gasteiger partial charge in [0.25, 0.3) is 0 Å². The lowest BCUT2D eigenvalue weighted by atomic mass is 10.0. The van der Waals surface area contributed by atoms with Crippen molar-refractivity contribution >= 4 is 17.8 Å².